The molecule has 0 bridgehead atoms. The van der Waals surface area contributed by atoms with Crippen molar-refractivity contribution < 1.29 is 0 Å². The van der Waals surface area contributed by atoms with Crippen LogP contribution in [0.1, 0.15) is 11.1 Å². The predicted octanol–water partition coefficient (Wildman–Crippen LogP) is 4.30. The highest BCUT2D eigenvalue weighted by atomic mass is 15.0. The van der Waals surface area contributed by atoms with Crippen molar-refractivity contribution in [2.45, 2.75) is 6.54 Å². The first-order valence-electron chi connectivity index (χ1n) is 8.16. The van der Waals surface area contributed by atoms with Gasteiger partial charge in [-0.2, -0.15) is 0 Å². The lowest BCUT2D eigenvalue weighted by molar-refractivity contribution is 1.11. The van der Waals surface area contributed by atoms with Crippen LogP contribution in [0.15, 0.2) is 65.9 Å². The maximum absolute atomic E-state index is 4.76. The van der Waals surface area contributed by atoms with Crippen LogP contribution in [-0.2, 0) is 6.54 Å². The molecule has 5 nitrogen and oxygen atoms in total. The van der Waals surface area contributed by atoms with E-state index in [1.807, 2.05) is 48.9 Å². The molecule has 0 aliphatic carbocycles. The summed E-state index contributed by atoms with van der Waals surface area (Å²) < 4.78 is 0. The van der Waals surface area contributed by atoms with Crippen molar-refractivity contribution in [3.8, 4) is 11.4 Å². The molecule has 0 saturated heterocycles. The number of benzene rings is 2. The Morgan fingerprint density at radius 1 is 1.00 bits per heavy atom. The van der Waals surface area contributed by atoms with Gasteiger partial charge >= 0.3 is 0 Å². The molecule has 0 radical (unpaired) electrons. The number of rotatable bonds is 3. The minimum atomic E-state index is 0.699. The van der Waals surface area contributed by atoms with E-state index in [0.29, 0.717) is 5.82 Å². The number of nitrogens with zero attached hydrogens (tertiary/aromatic N) is 3. The molecule has 120 valence electrons. The quantitative estimate of drug-likeness (QED) is 0.590. The van der Waals surface area contributed by atoms with Crippen LogP contribution in [0, 0.1) is 0 Å². The molecule has 0 atom stereocenters. The SMILES string of the molecule is C1=NCc2ccc(Nc3nc(-c4cc[nH]c4)nc4ccccc34)cc21. The number of nitrogens with one attached hydrogen (secondary N) is 2. The van der Waals surface area contributed by atoms with E-state index in [0.717, 1.165) is 40.1 Å². The number of H-pyrrole nitrogens is 1. The molecule has 5 rings (SSSR count). The average Bonchev–Trinajstić information content (AvgIpc) is 3.33. The van der Waals surface area contributed by atoms with Crippen molar-refractivity contribution in [3.63, 3.8) is 0 Å². The Hall–Kier alpha value is -3.47. The van der Waals surface area contributed by atoms with Crippen molar-refractivity contribution in [2.75, 3.05) is 5.32 Å². The van der Waals surface area contributed by atoms with Crippen LogP contribution in [-0.4, -0.2) is 21.2 Å². The molecule has 0 amide bonds. The van der Waals surface area contributed by atoms with E-state index in [2.05, 4.69) is 38.5 Å². The van der Waals surface area contributed by atoms with E-state index in [4.69, 9.17) is 4.98 Å². The van der Waals surface area contributed by atoms with Gasteiger partial charge in [0.05, 0.1) is 12.1 Å². The lowest BCUT2D eigenvalue weighted by atomic mass is 10.1. The van der Waals surface area contributed by atoms with Crippen molar-refractivity contribution in [2.24, 2.45) is 4.99 Å². The molecule has 1 aliphatic rings. The largest absolute Gasteiger partial charge is 0.367 e. The minimum Gasteiger partial charge on any atom is -0.367 e. The molecule has 2 aromatic heterocycles. The summed E-state index contributed by atoms with van der Waals surface area (Å²) in [6.07, 6.45) is 5.70. The van der Waals surface area contributed by atoms with Gasteiger partial charge in [0.1, 0.15) is 5.82 Å². The lowest BCUT2D eigenvalue weighted by Crippen LogP contribution is -1.99. The van der Waals surface area contributed by atoms with E-state index in [-0.39, 0.29) is 0 Å². The molecule has 2 aromatic carbocycles. The van der Waals surface area contributed by atoms with Gasteiger partial charge in [-0.15, -0.1) is 0 Å². The highest BCUT2D eigenvalue weighted by Crippen LogP contribution is 2.28. The highest BCUT2D eigenvalue weighted by molar-refractivity contribution is 5.93. The second-order valence-corrected chi connectivity index (χ2v) is 6.02. The maximum atomic E-state index is 4.76. The highest BCUT2D eigenvalue weighted by Gasteiger charge is 2.11. The second-order valence-electron chi connectivity index (χ2n) is 6.02. The third-order valence-corrected chi connectivity index (χ3v) is 4.36. The van der Waals surface area contributed by atoms with Gasteiger partial charge in [0, 0.05) is 35.2 Å². The lowest BCUT2D eigenvalue weighted by Gasteiger charge is -2.11. The number of fused-ring (bicyclic) bond motifs is 2. The van der Waals surface area contributed by atoms with Gasteiger partial charge < -0.3 is 10.3 Å². The molecule has 4 aromatic rings. The Morgan fingerprint density at radius 3 is 2.88 bits per heavy atom. The summed E-state index contributed by atoms with van der Waals surface area (Å²) in [5, 5.41) is 4.45. The number of anilines is 2. The summed E-state index contributed by atoms with van der Waals surface area (Å²) in [5.41, 5.74) is 5.30. The number of para-hydroxylation sites is 1. The van der Waals surface area contributed by atoms with Gasteiger partial charge in [-0.25, -0.2) is 9.97 Å². The smallest absolute Gasteiger partial charge is 0.163 e. The minimum absolute atomic E-state index is 0.699. The fourth-order valence-corrected chi connectivity index (χ4v) is 3.08. The summed E-state index contributed by atoms with van der Waals surface area (Å²) in [5.74, 6) is 1.50. The summed E-state index contributed by atoms with van der Waals surface area (Å²) >= 11 is 0. The summed E-state index contributed by atoms with van der Waals surface area (Å²) in [7, 11) is 0. The van der Waals surface area contributed by atoms with Crippen LogP contribution >= 0.6 is 0 Å². The number of hydrogen-bond acceptors (Lipinski definition) is 4. The summed E-state index contributed by atoms with van der Waals surface area (Å²) in [6.45, 7) is 0.768. The average molecular weight is 325 g/mol. The molecule has 2 N–H and O–H groups in total. The number of hydrogen-bond donors (Lipinski definition) is 2. The second kappa shape index (κ2) is 5.56. The van der Waals surface area contributed by atoms with Crippen LogP contribution in [0.5, 0.6) is 0 Å². The van der Waals surface area contributed by atoms with E-state index in [1.165, 1.54) is 5.56 Å². The molecule has 0 fully saturated rings. The summed E-state index contributed by atoms with van der Waals surface area (Å²) in [6, 6.07) is 16.3. The van der Waals surface area contributed by atoms with Crippen LogP contribution in [0.3, 0.4) is 0 Å². The molecule has 0 unspecified atom stereocenters. The van der Waals surface area contributed by atoms with Gasteiger partial charge in [-0.1, -0.05) is 18.2 Å². The van der Waals surface area contributed by atoms with E-state index in [9.17, 15) is 0 Å². The first-order chi connectivity index (χ1) is 12.4. The molecule has 25 heavy (non-hydrogen) atoms. The number of aromatic amines is 1. The van der Waals surface area contributed by atoms with Crippen LogP contribution in [0.4, 0.5) is 11.5 Å². The standard InChI is InChI=1S/C20H15N5/c1-2-4-18-17(3-1)20(25-19(24-18)14-7-8-21-11-14)23-16-6-5-13-10-22-12-15(13)9-16/h1-9,11-12,21H,10H2,(H,23,24,25). The summed E-state index contributed by atoms with van der Waals surface area (Å²) in [4.78, 5) is 16.8. The molecule has 3 heterocycles. The van der Waals surface area contributed by atoms with Crippen LogP contribution in [0.25, 0.3) is 22.3 Å². The fourth-order valence-electron chi connectivity index (χ4n) is 3.08. The Kier molecular flexibility index (Phi) is 3.10. The number of aliphatic imine (C=N–C) groups is 1. The maximum Gasteiger partial charge on any atom is 0.163 e. The monoisotopic (exact) mass is 325 g/mol. The Labute approximate surface area is 144 Å². The predicted molar refractivity (Wildman–Crippen MR) is 100 cm³/mol. The third-order valence-electron chi connectivity index (χ3n) is 4.36. The van der Waals surface area contributed by atoms with E-state index in [1.54, 1.807) is 0 Å². The third kappa shape index (κ3) is 2.46. The molecule has 5 heteroatoms. The van der Waals surface area contributed by atoms with Crippen molar-refractivity contribution in [1.82, 2.24) is 15.0 Å². The molecule has 0 saturated carbocycles. The zero-order chi connectivity index (χ0) is 16.6. The normalized spacial score (nSPS) is 12.5. The van der Waals surface area contributed by atoms with Gasteiger partial charge in [0.15, 0.2) is 5.82 Å². The van der Waals surface area contributed by atoms with Crippen molar-refractivity contribution >= 4 is 28.6 Å². The first-order valence-corrected chi connectivity index (χ1v) is 8.16. The first kappa shape index (κ1) is 13.9. The van der Waals surface area contributed by atoms with E-state index >= 15 is 0 Å². The molecular weight excluding hydrogens is 310 g/mol. The van der Waals surface area contributed by atoms with Crippen molar-refractivity contribution in [1.29, 1.82) is 0 Å². The van der Waals surface area contributed by atoms with Crippen molar-refractivity contribution in [3.05, 3.63) is 72.1 Å². The zero-order valence-corrected chi connectivity index (χ0v) is 13.4. The van der Waals surface area contributed by atoms with Crippen LogP contribution < -0.4 is 5.32 Å². The van der Waals surface area contributed by atoms with Gasteiger partial charge in [-0.3, -0.25) is 4.99 Å². The van der Waals surface area contributed by atoms with Gasteiger partial charge in [-0.05, 0) is 41.5 Å². The van der Waals surface area contributed by atoms with E-state index < -0.39 is 0 Å². The topological polar surface area (TPSA) is 66.0 Å². The molecular formula is C20H15N5. The fraction of sp³-hybridized carbons (Fsp3) is 0.0500. The molecule has 0 spiro atoms. The van der Waals surface area contributed by atoms with Crippen LogP contribution in [0.2, 0.25) is 0 Å². The van der Waals surface area contributed by atoms with Gasteiger partial charge in [0.25, 0.3) is 0 Å². The number of aromatic nitrogens is 3. The Balaban J connectivity index is 1.63. The van der Waals surface area contributed by atoms with Gasteiger partial charge in [0.2, 0.25) is 0 Å². The Bertz CT molecular complexity index is 1100. The zero-order valence-electron chi connectivity index (χ0n) is 13.4. The molecule has 1 aliphatic heterocycles. The Morgan fingerprint density at radius 2 is 1.96 bits per heavy atom.